The third kappa shape index (κ3) is 5.72. The van der Waals surface area contributed by atoms with E-state index < -0.39 is 18.0 Å². The number of anilines is 2. The van der Waals surface area contributed by atoms with Crippen molar-refractivity contribution in [1.82, 2.24) is 25.0 Å². The first-order chi connectivity index (χ1) is 22.0. The molecule has 0 amide bonds. The predicted molar refractivity (Wildman–Crippen MR) is 172 cm³/mol. The average molecular weight is 618 g/mol. The van der Waals surface area contributed by atoms with Crippen molar-refractivity contribution in [3.05, 3.63) is 95.2 Å². The van der Waals surface area contributed by atoms with E-state index in [4.69, 9.17) is 0 Å². The lowest BCUT2D eigenvalue weighted by Gasteiger charge is -2.24. The number of rotatable bonds is 9. The van der Waals surface area contributed by atoms with Crippen LogP contribution in [0.3, 0.4) is 0 Å². The highest BCUT2D eigenvalue weighted by atomic mass is 19.3. The first kappa shape index (κ1) is 30.6. The molecule has 0 spiro atoms. The van der Waals surface area contributed by atoms with Crippen molar-refractivity contribution in [2.45, 2.75) is 58.5 Å². The third-order valence-electron chi connectivity index (χ3n) is 8.43. The van der Waals surface area contributed by atoms with Crippen LogP contribution in [0.25, 0.3) is 22.0 Å². The number of pyridine rings is 2. The van der Waals surface area contributed by atoms with Crippen molar-refractivity contribution < 1.29 is 8.78 Å². The Morgan fingerprint density at radius 2 is 1.83 bits per heavy atom. The normalized spacial score (nSPS) is 14.5. The molecule has 2 N–H and O–H groups in total. The molecule has 5 aromatic rings. The van der Waals surface area contributed by atoms with Gasteiger partial charge in [-0.3, -0.25) is 9.97 Å². The Morgan fingerprint density at radius 3 is 2.48 bits per heavy atom. The largest absolute Gasteiger partial charge is 0.383 e. The summed E-state index contributed by atoms with van der Waals surface area (Å²) in [5.74, 6) is 0. The number of hydrogen-bond donors (Lipinski definition) is 2. The topological polar surface area (TPSA) is 128 Å². The summed E-state index contributed by atoms with van der Waals surface area (Å²) in [6, 6.07) is 17.0. The van der Waals surface area contributed by atoms with Crippen LogP contribution in [0.15, 0.2) is 67.3 Å². The highest BCUT2D eigenvalue weighted by Gasteiger charge is 2.54. The molecule has 1 atom stereocenters. The van der Waals surface area contributed by atoms with Gasteiger partial charge < -0.3 is 10.6 Å². The molecule has 2 aromatic carbocycles. The van der Waals surface area contributed by atoms with Gasteiger partial charge in [-0.15, -0.1) is 5.10 Å². The monoisotopic (exact) mass is 617 g/mol. The molecule has 1 fully saturated rings. The number of nitrogens with zero attached hydrogens (tertiary/aromatic N) is 7. The molecule has 0 bridgehead atoms. The van der Waals surface area contributed by atoms with Crippen LogP contribution in [-0.2, 0) is 5.54 Å². The molecule has 1 aliphatic rings. The lowest BCUT2D eigenvalue weighted by atomic mass is 9.91. The molecule has 1 aliphatic carbocycles. The van der Waals surface area contributed by atoms with Gasteiger partial charge in [0.15, 0.2) is 0 Å². The van der Waals surface area contributed by atoms with E-state index in [1.807, 2.05) is 37.3 Å². The molecule has 232 valence electrons. The first-order valence-corrected chi connectivity index (χ1v) is 15.0. The zero-order valence-electron chi connectivity index (χ0n) is 26.0. The summed E-state index contributed by atoms with van der Waals surface area (Å²) < 4.78 is 29.4. The number of nitriles is 2. The van der Waals surface area contributed by atoms with Crippen molar-refractivity contribution in [2.24, 2.45) is 5.41 Å². The summed E-state index contributed by atoms with van der Waals surface area (Å²) >= 11 is 0. The number of halogens is 2. The molecule has 9 nitrogen and oxygen atoms in total. The predicted octanol–water partition coefficient (Wildman–Crippen LogP) is 7.35. The van der Waals surface area contributed by atoms with E-state index >= 15 is 0 Å². The van der Waals surface area contributed by atoms with Gasteiger partial charge in [-0.1, -0.05) is 44.2 Å². The standard InChI is InChI=1S/C35H33F2N9/c1-21-25(23-8-12-40-13-9-23)6-5-7-26(21)32(29-19-46(45-44-29)35(10-11-35)33(36)37)43-28-15-22(16-38)14-27-30(42-20-34(2,3)4)24(17-39)18-41-31(27)28/h5-9,12-15,18-19,32-33,43H,10-11,20H2,1-4H3,(H,41,42)/t32-/m0/s1. The number of fused-ring (bicyclic) bond motifs is 1. The maximum absolute atomic E-state index is 14.1. The van der Waals surface area contributed by atoms with E-state index in [0.29, 0.717) is 58.5 Å². The zero-order chi connectivity index (χ0) is 32.6. The van der Waals surface area contributed by atoms with Crippen LogP contribution in [0.5, 0.6) is 0 Å². The summed E-state index contributed by atoms with van der Waals surface area (Å²) in [6.45, 7) is 8.84. The Hall–Kier alpha value is -5.42. The van der Waals surface area contributed by atoms with Gasteiger partial charge in [0.2, 0.25) is 0 Å². The number of aromatic nitrogens is 5. The van der Waals surface area contributed by atoms with Crippen LogP contribution in [0, 0.1) is 35.0 Å². The Kier molecular flexibility index (Phi) is 7.87. The Labute approximate surface area is 265 Å². The van der Waals surface area contributed by atoms with Crippen LogP contribution in [0.4, 0.5) is 20.2 Å². The molecule has 1 saturated carbocycles. The molecule has 6 rings (SSSR count). The lowest BCUT2D eigenvalue weighted by Crippen LogP contribution is -2.26. The minimum absolute atomic E-state index is 0.0817. The summed E-state index contributed by atoms with van der Waals surface area (Å²) in [6.07, 6.45) is 4.65. The second-order valence-corrected chi connectivity index (χ2v) is 12.9. The van der Waals surface area contributed by atoms with Gasteiger partial charge in [0.05, 0.1) is 46.3 Å². The molecule has 46 heavy (non-hydrogen) atoms. The van der Waals surface area contributed by atoms with Crippen LogP contribution in [0.2, 0.25) is 0 Å². The highest BCUT2D eigenvalue weighted by Crippen LogP contribution is 2.48. The number of nitrogens with one attached hydrogen (secondary N) is 2. The fourth-order valence-electron chi connectivity index (χ4n) is 5.69. The fraction of sp³-hybridized carbons (Fsp3) is 0.314. The molecule has 0 saturated heterocycles. The summed E-state index contributed by atoms with van der Waals surface area (Å²) in [4.78, 5) is 8.80. The average Bonchev–Trinajstić information content (AvgIpc) is 3.72. The van der Waals surface area contributed by atoms with Crippen LogP contribution in [-0.4, -0.2) is 37.9 Å². The minimum atomic E-state index is -2.57. The van der Waals surface area contributed by atoms with E-state index in [2.05, 4.69) is 63.8 Å². The number of alkyl halides is 2. The minimum Gasteiger partial charge on any atom is -0.383 e. The fourth-order valence-corrected chi connectivity index (χ4v) is 5.69. The van der Waals surface area contributed by atoms with Crippen LogP contribution >= 0.6 is 0 Å². The van der Waals surface area contributed by atoms with E-state index in [0.717, 1.165) is 22.3 Å². The maximum atomic E-state index is 14.1. The van der Waals surface area contributed by atoms with Crippen molar-refractivity contribution in [2.75, 3.05) is 17.2 Å². The lowest BCUT2D eigenvalue weighted by molar-refractivity contribution is 0.0593. The molecule has 3 heterocycles. The molecular weight excluding hydrogens is 584 g/mol. The second kappa shape index (κ2) is 11.8. The number of benzene rings is 2. The van der Waals surface area contributed by atoms with E-state index in [1.54, 1.807) is 30.7 Å². The zero-order valence-corrected chi connectivity index (χ0v) is 26.0. The third-order valence-corrected chi connectivity index (χ3v) is 8.43. The van der Waals surface area contributed by atoms with Gasteiger partial charge in [-0.2, -0.15) is 10.5 Å². The van der Waals surface area contributed by atoms with Crippen molar-refractivity contribution >= 4 is 22.3 Å². The van der Waals surface area contributed by atoms with E-state index in [1.165, 1.54) is 10.9 Å². The van der Waals surface area contributed by atoms with Gasteiger partial charge in [0, 0.05) is 30.5 Å². The summed E-state index contributed by atoms with van der Waals surface area (Å²) in [5.41, 5.74) is 5.15. The molecule has 3 aromatic heterocycles. The molecule has 0 aliphatic heterocycles. The molecule has 0 radical (unpaired) electrons. The first-order valence-electron chi connectivity index (χ1n) is 15.0. The van der Waals surface area contributed by atoms with Gasteiger partial charge in [-0.05, 0) is 71.7 Å². The Balaban J connectivity index is 1.52. The van der Waals surface area contributed by atoms with Gasteiger partial charge >= 0.3 is 0 Å². The van der Waals surface area contributed by atoms with Crippen LogP contribution < -0.4 is 10.6 Å². The molecule has 11 heteroatoms. The number of hydrogen-bond acceptors (Lipinski definition) is 8. The van der Waals surface area contributed by atoms with E-state index in [9.17, 15) is 19.3 Å². The Bertz CT molecular complexity index is 2000. The molecular formula is C35H33F2N9. The quantitative estimate of drug-likeness (QED) is 0.176. The second-order valence-electron chi connectivity index (χ2n) is 12.9. The van der Waals surface area contributed by atoms with Crippen molar-refractivity contribution in [3.8, 4) is 23.3 Å². The van der Waals surface area contributed by atoms with Crippen molar-refractivity contribution in [3.63, 3.8) is 0 Å². The van der Waals surface area contributed by atoms with Crippen molar-refractivity contribution in [1.29, 1.82) is 10.5 Å². The van der Waals surface area contributed by atoms with Gasteiger partial charge in [0.1, 0.15) is 17.3 Å². The molecule has 0 unspecified atom stereocenters. The maximum Gasteiger partial charge on any atom is 0.263 e. The summed E-state index contributed by atoms with van der Waals surface area (Å²) in [5, 5.41) is 36.1. The summed E-state index contributed by atoms with van der Waals surface area (Å²) in [7, 11) is 0. The van der Waals surface area contributed by atoms with Crippen LogP contribution in [0.1, 0.15) is 67.6 Å². The Morgan fingerprint density at radius 1 is 1.07 bits per heavy atom. The van der Waals surface area contributed by atoms with Gasteiger partial charge in [-0.25, -0.2) is 13.5 Å². The van der Waals surface area contributed by atoms with Gasteiger partial charge in [0.25, 0.3) is 6.43 Å². The smallest absolute Gasteiger partial charge is 0.263 e. The highest BCUT2D eigenvalue weighted by molar-refractivity contribution is 6.01. The SMILES string of the molecule is Cc1c(-c2ccncc2)cccc1[C@H](Nc1cc(C#N)cc2c(NCC(C)(C)C)c(C#N)cnc12)c1cn(C2(C(F)F)CC2)nn1. The van der Waals surface area contributed by atoms with E-state index in [-0.39, 0.29) is 5.41 Å².